The molecule has 0 aliphatic carbocycles. The van der Waals surface area contributed by atoms with Crippen molar-refractivity contribution in [2.45, 2.75) is 26.2 Å². The van der Waals surface area contributed by atoms with Crippen LogP contribution in [0.1, 0.15) is 25.3 Å². The van der Waals surface area contributed by atoms with E-state index in [1.54, 1.807) is 0 Å². The van der Waals surface area contributed by atoms with Crippen molar-refractivity contribution in [3.8, 4) is 5.75 Å². The van der Waals surface area contributed by atoms with Gasteiger partial charge in [-0.25, -0.2) is 0 Å². The van der Waals surface area contributed by atoms with Crippen molar-refractivity contribution in [3.05, 3.63) is 29.8 Å². The van der Waals surface area contributed by atoms with Crippen molar-refractivity contribution >= 4 is 5.91 Å². The van der Waals surface area contributed by atoms with Crippen molar-refractivity contribution in [2.75, 3.05) is 59.0 Å². The molecule has 1 saturated heterocycles. The fraction of sp³-hybridized carbons (Fsp3) is 0.650. The Balaban J connectivity index is 1.48. The average Bonchev–Trinajstić information content (AvgIpc) is 2.68. The summed E-state index contributed by atoms with van der Waals surface area (Å²) >= 11 is 0. The molecule has 1 heterocycles. The van der Waals surface area contributed by atoms with Gasteiger partial charge >= 0.3 is 0 Å². The number of aliphatic hydroxyl groups is 1. The van der Waals surface area contributed by atoms with Crippen LogP contribution in [0.15, 0.2) is 24.3 Å². The molecule has 1 aromatic carbocycles. The lowest BCUT2D eigenvalue weighted by Crippen LogP contribution is -2.47. The first-order valence-corrected chi connectivity index (χ1v) is 9.75. The zero-order valence-electron chi connectivity index (χ0n) is 16.0. The van der Waals surface area contributed by atoms with Crippen molar-refractivity contribution in [2.24, 2.45) is 0 Å². The summed E-state index contributed by atoms with van der Waals surface area (Å²) in [6.07, 6.45) is 3.06. The number of aliphatic hydroxyl groups excluding tert-OH is 1. The second-order valence-corrected chi connectivity index (χ2v) is 6.75. The Morgan fingerprint density at radius 1 is 1.08 bits per heavy atom. The predicted molar refractivity (Wildman–Crippen MR) is 104 cm³/mol. The number of piperazine rings is 1. The molecular weight excluding hydrogens is 330 g/mol. The summed E-state index contributed by atoms with van der Waals surface area (Å²) < 4.78 is 5.51. The lowest BCUT2D eigenvalue weighted by Gasteiger charge is -2.34. The molecular formula is C20H33N3O3. The van der Waals surface area contributed by atoms with Crippen LogP contribution in [0.25, 0.3) is 0 Å². The van der Waals surface area contributed by atoms with E-state index in [-0.39, 0.29) is 19.1 Å². The summed E-state index contributed by atoms with van der Waals surface area (Å²) in [5.41, 5.74) is 1.26. The zero-order valence-corrected chi connectivity index (χ0v) is 16.0. The highest BCUT2D eigenvalue weighted by Gasteiger charge is 2.15. The Hall–Kier alpha value is -1.63. The van der Waals surface area contributed by atoms with E-state index < -0.39 is 0 Å². The van der Waals surface area contributed by atoms with E-state index in [4.69, 9.17) is 9.84 Å². The van der Waals surface area contributed by atoms with Crippen LogP contribution in [-0.4, -0.2) is 79.8 Å². The molecule has 2 N–H and O–H groups in total. The highest BCUT2D eigenvalue weighted by molar-refractivity contribution is 5.77. The number of hydrogen-bond donors (Lipinski definition) is 2. The van der Waals surface area contributed by atoms with Gasteiger partial charge in [-0.3, -0.25) is 9.69 Å². The standard InChI is InChI=1S/C20H33N3O3/c1-2-18-5-7-19(8-6-18)26-17-20(25)21-9-3-4-10-22-11-13-23(14-12-22)15-16-24/h5-8,24H,2-4,9-17H2,1H3,(H,21,25). The molecule has 146 valence electrons. The molecule has 0 unspecified atom stereocenters. The van der Waals surface area contributed by atoms with Crippen molar-refractivity contribution < 1.29 is 14.6 Å². The average molecular weight is 364 g/mol. The van der Waals surface area contributed by atoms with Gasteiger partial charge in [0.25, 0.3) is 5.91 Å². The van der Waals surface area contributed by atoms with E-state index in [9.17, 15) is 4.79 Å². The minimum Gasteiger partial charge on any atom is -0.484 e. The Kier molecular flexibility index (Phi) is 9.45. The van der Waals surface area contributed by atoms with E-state index in [1.807, 2.05) is 24.3 Å². The Labute approximate surface area is 157 Å². The van der Waals surface area contributed by atoms with E-state index in [0.717, 1.165) is 64.3 Å². The lowest BCUT2D eigenvalue weighted by molar-refractivity contribution is -0.123. The number of amides is 1. The largest absolute Gasteiger partial charge is 0.484 e. The number of hydrogen-bond acceptors (Lipinski definition) is 5. The molecule has 6 nitrogen and oxygen atoms in total. The van der Waals surface area contributed by atoms with Gasteiger partial charge in [0.2, 0.25) is 0 Å². The smallest absolute Gasteiger partial charge is 0.257 e. The molecule has 0 atom stereocenters. The molecule has 1 aliphatic rings. The minimum atomic E-state index is -0.0674. The first-order chi connectivity index (χ1) is 12.7. The SMILES string of the molecule is CCc1ccc(OCC(=O)NCCCCN2CCN(CCO)CC2)cc1. The monoisotopic (exact) mass is 363 g/mol. The fourth-order valence-electron chi connectivity index (χ4n) is 3.09. The van der Waals surface area contributed by atoms with Gasteiger partial charge in [0.15, 0.2) is 6.61 Å². The maximum Gasteiger partial charge on any atom is 0.257 e. The topological polar surface area (TPSA) is 65.0 Å². The lowest BCUT2D eigenvalue weighted by atomic mass is 10.2. The van der Waals surface area contributed by atoms with Gasteiger partial charge in [-0.15, -0.1) is 0 Å². The molecule has 6 heteroatoms. The second kappa shape index (κ2) is 11.9. The molecule has 2 rings (SSSR count). The van der Waals surface area contributed by atoms with Crippen LogP contribution in [0.5, 0.6) is 5.75 Å². The van der Waals surface area contributed by atoms with Crippen LogP contribution in [0.2, 0.25) is 0 Å². The van der Waals surface area contributed by atoms with Crippen LogP contribution in [-0.2, 0) is 11.2 Å². The van der Waals surface area contributed by atoms with Crippen LogP contribution >= 0.6 is 0 Å². The van der Waals surface area contributed by atoms with Gasteiger partial charge in [0.1, 0.15) is 5.75 Å². The third-order valence-corrected chi connectivity index (χ3v) is 4.81. The van der Waals surface area contributed by atoms with Gasteiger partial charge in [-0.1, -0.05) is 19.1 Å². The summed E-state index contributed by atoms with van der Waals surface area (Å²) in [7, 11) is 0. The number of benzene rings is 1. The van der Waals surface area contributed by atoms with E-state index >= 15 is 0 Å². The van der Waals surface area contributed by atoms with Gasteiger partial charge in [-0.05, 0) is 43.5 Å². The van der Waals surface area contributed by atoms with Crippen molar-refractivity contribution in [3.63, 3.8) is 0 Å². The minimum absolute atomic E-state index is 0.0674. The third kappa shape index (κ3) is 7.72. The number of carbonyl (C=O) groups excluding carboxylic acids is 1. The normalized spacial score (nSPS) is 15.8. The number of unbranched alkanes of at least 4 members (excludes halogenated alkanes) is 1. The summed E-state index contributed by atoms with van der Waals surface area (Å²) in [6.45, 7) is 9.18. The molecule has 1 amide bonds. The molecule has 0 bridgehead atoms. The maximum atomic E-state index is 11.8. The van der Waals surface area contributed by atoms with Gasteiger partial charge < -0.3 is 20.1 Å². The Morgan fingerprint density at radius 2 is 1.73 bits per heavy atom. The molecule has 0 aromatic heterocycles. The van der Waals surface area contributed by atoms with Crippen LogP contribution < -0.4 is 10.1 Å². The highest BCUT2D eigenvalue weighted by Crippen LogP contribution is 2.12. The number of β-amino-alcohol motifs (C(OH)–C–C–N with tert-alkyl or cyclic N) is 1. The van der Waals surface area contributed by atoms with Gasteiger partial charge in [-0.2, -0.15) is 0 Å². The highest BCUT2D eigenvalue weighted by atomic mass is 16.5. The maximum absolute atomic E-state index is 11.8. The number of nitrogens with zero attached hydrogens (tertiary/aromatic N) is 2. The molecule has 0 spiro atoms. The van der Waals surface area contributed by atoms with Crippen LogP contribution in [0.3, 0.4) is 0 Å². The number of carbonyl (C=O) groups is 1. The number of rotatable bonds is 11. The summed E-state index contributed by atoms with van der Waals surface area (Å²) in [4.78, 5) is 16.6. The third-order valence-electron chi connectivity index (χ3n) is 4.81. The summed E-state index contributed by atoms with van der Waals surface area (Å²) in [5, 5.41) is 11.9. The Morgan fingerprint density at radius 3 is 2.35 bits per heavy atom. The molecule has 1 aliphatic heterocycles. The van der Waals surface area contributed by atoms with Crippen molar-refractivity contribution in [1.29, 1.82) is 0 Å². The number of aryl methyl sites for hydroxylation is 1. The van der Waals surface area contributed by atoms with Gasteiger partial charge in [0, 0.05) is 39.3 Å². The molecule has 26 heavy (non-hydrogen) atoms. The molecule has 1 aromatic rings. The van der Waals surface area contributed by atoms with Crippen molar-refractivity contribution in [1.82, 2.24) is 15.1 Å². The second-order valence-electron chi connectivity index (χ2n) is 6.75. The Bertz CT molecular complexity index is 514. The quantitative estimate of drug-likeness (QED) is 0.577. The first kappa shape index (κ1) is 20.7. The van der Waals surface area contributed by atoms with Crippen LogP contribution in [0, 0.1) is 0 Å². The zero-order chi connectivity index (χ0) is 18.6. The van der Waals surface area contributed by atoms with E-state index in [1.165, 1.54) is 5.56 Å². The fourth-order valence-corrected chi connectivity index (χ4v) is 3.09. The van der Waals surface area contributed by atoms with Crippen LogP contribution in [0.4, 0.5) is 0 Å². The van der Waals surface area contributed by atoms with Gasteiger partial charge in [0.05, 0.1) is 6.61 Å². The number of nitrogens with one attached hydrogen (secondary N) is 1. The molecule has 0 saturated carbocycles. The van der Waals surface area contributed by atoms with E-state index in [0.29, 0.717) is 6.54 Å². The molecule has 1 fully saturated rings. The summed E-state index contributed by atoms with van der Waals surface area (Å²) in [6, 6.07) is 7.87. The number of ether oxygens (including phenoxy) is 1. The summed E-state index contributed by atoms with van der Waals surface area (Å²) in [5.74, 6) is 0.667. The predicted octanol–water partition coefficient (Wildman–Crippen LogP) is 1.13. The van der Waals surface area contributed by atoms with E-state index in [2.05, 4.69) is 22.0 Å². The molecule has 0 radical (unpaired) electrons. The first-order valence-electron chi connectivity index (χ1n) is 9.75.